The molecule has 4 rings (SSSR count). The van der Waals surface area contributed by atoms with E-state index in [2.05, 4.69) is 65.5 Å². The molecule has 0 saturated carbocycles. The van der Waals surface area contributed by atoms with Gasteiger partial charge in [-0.05, 0) is 69.5 Å². The van der Waals surface area contributed by atoms with Crippen LogP contribution in [-0.2, 0) is 27.0 Å². The van der Waals surface area contributed by atoms with Gasteiger partial charge < -0.3 is 0 Å². The third-order valence-electron chi connectivity index (χ3n) is 7.32. The van der Waals surface area contributed by atoms with E-state index in [1.54, 1.807) is 0 Å². The van der Waals surface area contributed by atoms with Crippen LogP contribution in [-0.4, -0.2) is 16.7 Å². The Kier molecular flexibility index (Phi) is 5.20. The summed E-state index contributed by atoms with van der Waals surface area (Å²) in [5.41, 5.74) is 8.76. The molecule has 0 aromatic heterocycles. The molecule has 1 aliphatic heterocycles. The highest BCUT2D eigenvalue weighted by Crippen LogP contribution is 2.47. The number of hydrogen-bond donors (Lipinski definition) is 0. The van der Waals surface area contributed by atoms with Crippen LogP contribution in [0.1, 0.15) is 86.8 Å². The van der Waals surface area contributed by atoms with Gasteiger partial charge in [0.1, 0.15) is 0 Å². The van der Waals surface area contributed by atoms with Gasteiger partial charge in [0, 0.05) is 12.8 Å². The van der Waals surface area contributed by atoms with Crippen LogP contribution in [0.2, 0.25) is 0 Å². The highest BCUT2D eigenvalue weighted by atomic mass is 16.2. The molecular formula is C28H33NO2. The molecule has 0 radical (unpaired) electrons. The van der Waals surface area contributed by atoms with E-state index < -0.39 is 0 Å². The van der Waals surface area contributed by atoms with Gasteiger partial charge in [-0.1, -0.05) is 70.7 Å². The molecule has 1 heterocycles. The Bertz CT molecular complexity index is 1060. The molecule has 0 atom stereocenters. The van der Waals surface area contributed by atoms with Crippen molar-refractivity contribution in [1.82, 2.24) is 4.90 Å². The molecule has 162 valence electrons. The molecule has 1 saturated heterocycles. The van der Waals surface area contributed by atoms with Gasteiger partial charge in [-0.3, -0.25) is 14.5 Å². The first kappa shape index (κ1) is 21.5. The molecule has 0 spiro atoms. The van der Waals surface area contributed by atoms with E-state index in [1.807, 2.05) is 12.1 Å². The third kappa shape index (κ3) is 3.86. The molecule has 31 heavy (non-hydrogen) atoms. The maximum atomic E-state index is 11.9. The largest absolute Gasteiger partial charge is 0.278 e. The van der Waals surface area contributed by atoms with Crippen LogP contribution < -0.4 is 0 Å². The average Bonchev–Trinajstić information content (AvgIpc) is 3.03. The van der Waals surface area contributed by atoms with Gasteiger partial charge in [0.2, 0.25) is 11.8 Å². The number of carbonyl (C=O) groups excluding carboxylic acids is 2. The number of rotatable bonds is 4. The zero-order chi connectivity index (χ0) is 22.6. The van der Waals surface area contributed by atoms with E-state index in [1.165, 1.54) is 40.0 Å². The number of likely N-dealkylation sites (tertiary alicyclic amines) is 1. The van der Waals surface area contributed by atoms with Crippen LogP contribution in [0.4, 0.5) is 0 Å². The highest BCUT2D eigenvalue weighted by Gasteiger charge is 2.37. The summed E-state index contributed by atoms with van der Waals surface area (Å²) >= 11 is 0. The van der Waals surface area contributed by atoms with E-state index in [4.69, 9.17) is 0 Å². The van der Waals surface area contributed by atoms with E-state index in [9.17, 15) is 9.59 Å². The number of hydrogen-bond acceptors (Lipinski definition) is 2. The maximum Gasteiger partial charge on any atom is 0.229 e. The van der Waals surface area contributed by atoms with Crippen molar-refractivity contribution in [1.29, 1.82) is 0 Å². The van der Waals surface area contributed by atoms with Crippen molar-refractivity contribution in [3.63, 3.8) is 0 Å². The van der Waals surface area contributed by atoms with Gasteiger partial charge in [0.25, 0.3) is 0 Å². The Hall–Kier alpha value is -2.68. The SMILES string of the molecule is C=C(c1ccc(CN2C(=O)CCC2=O)cc1)c1cc2c(cc1C)C(C)(C)CCC2(C)C. The van der Waals surface area contributed by atoms with E-state index >= 15 is 0 Å². The summed E-state index contributed by atoms with van der Waals surface area (Å²) in [6.45, 7) is 16.4. The fourth-order valence-corrected chi connectivity index (χ4v) is 5.00. The van der Waals surface area contributed by atoms with Crippen molar-refractivity contribution >= 4 is 17.4 Å². The summed E-state index contributed by atoms with van der Waals surface area (Å²) in [7, 11) is 0. The van der Waals surface area contributed by atoms with Gasteiger partial charge in [-0.25, -0.2) is 0 Å². The zero-order valence-electron chi connectivity index (χ0n) is 19.5. The summed E-state index contributed by atoms with van der Waals surface area (Å²) in [5, 5.41) is 0. The van der Waals surface area contributed by atoms with Gasteiger partial charge >= 0.3 is 0 Å². The zero-order valence-corrected chi connectivity index (χ0v) is 19.5. The Morgan fingerprint density at radius 2 is 1.42 bits per heavy atom. The monoisotopic (exact) mass is 415 g/mol. The van der Waals surface area contributed by atoms with Crippen LogP contribution in [0.15, 0.2) is 43.0 Å². The van der Waals surface area contributed by atoms with Crippen LogP contribution in [0.25, 0.3) is 5.57 Å². The average molecular weight is 416 g/mol. The molecule has 2 amide bonds. The molecule has 3 heteroatoms. The van der Waals surface area contributed by atoms with Gasteiger partial charge in [-0.2, -0.15) is 0 Å². The van der Waals surface area contributed by atoms with Crippen LogP contribution in [0.5, 0.6) is 0 Å². The van der Waals surface area contributed by atoms with Gasteiger partial charge in [0.05, 0.1) is 6.54 Å². The fourth-order valence-electron chi connectivity index (χ4n) is 5.00. The molecule has 2 aromatic rings. The predicted molar refractivity (Wildman–Crippen MR) is 126 cm³/mol. The minimum absolute atomic E-state index is 0.0753. The number of benzene rings is 2. The predicted octanol–water partition coefficient (Wildman–Crippen LogP) is 6.05. The molecule has 0 N–H and O–H groups in total. The molecule has 2 aliphatic rings. The van der Waals surface area contributed by atoms with Crippen molar-refractivity contribution < 1.29 is 9.59 Å². The highest BCUT2D eigenvalue weighted by molar-refractivity contribution is 6.01. The lowest BCUT2D eigenvalue weighted by atomic mass is 9.62. The second kappa shape index (κ2) is 7.47. The molecule has 0 bridgehead atoms. The number of amides is 2. The second-order valence-electron chi connectivity index (χ2n) is 10.5. The molecule has 0 unspecified atom stereocenters. The van der Waals surface area contributed by atoms with Crippen molar-refractivity contribution in [2.45, 2.75) is 77.7 Å². The number of aryl methyl sites for hydroxylation is 1. The number of nitrogens with zero attached hydrogens (tertiary/aromatic N) is 1. The summed E-state index contributed by atoms with van der Waals surface area (Å²) < 4.78 is 0. The molecule has 1 fully saturated rings. The first-order chi connectivity index (χ1) is 14.5. The Labute approximate surface area is 186 Å². The Balaban J connectivity index is 1.63. The topological polar surface area (TPSA) is 37.4 Å². The molecule has 1 aliphatic carbocycles. The van der Waals surface area contributed by atoms with Crippen LogP contribution >= 0.6 is 0 Å². The lowest BCUT2D eigenvalue weighted by Gasteiger charge is -2.42. The van der Waals surface area contributed by atoms with Crippen molar-refractivity contribution in [3.05, 3.63) is 76.4 Å². The van der Waals surface area contributed by atoms with Crippen LogP contribution in [0, 0.1) is 6.92 Å². The van der Waals surface area contributed by atoms with E-state index in [0.717, 1.165) is 16.7 Å². The number of carbonyl (C=O) groups is 2. The fraction of sp³-hybridized carbons (Fsp3) is 0.429. The lowest BCUT2D eigenvalue weighted by Crippen LogP contribution is -2.34. The minimum atomic E-state index is -0.0753. The number of fused-ring (bicyclic) bond motifs is 1. The van der Waals surface area contributed by atoms with Gasteiger partial charge in [-0.15, -0.1) is 0 Å². The van der Waals surface area contributed by atoms with Gasteiger partial charge in [0.15, 0.2) is 0 Å². The summed E-state index contributed by atoms with van der Waals surface area (Å²) in [4.78, 5) is 25.1. The Morgan fingerprint density at radius 3 is 1.97 bits per heavy atom. The minimum Gasteiger partial charge on any atom is -0.278 e. The van der Waals surface area contributed by atoms with Crippen molar-refractivity contribution in [2.24, 2.45) is 0 Å². The molecule has 2 aromatic carbocycles. The van der Waals surface area contributed by atoms with Crippen LogP contribution in [0.3, 0.4) is 0 Å². The number of imide groups is 1. The quantitative estimate of drug-likeness (QED) is 0.570. The first-order valence-corrected chi connectivity index (χ1v) is 11.3. The Morgan fingerprint density at radius 1 is 0.903 bits per heavy atom. The normalized spacial score (nSPS) is 19.5. The second-order valence-corrected chi connectivity index (χ2v) is 10.5. The van der Waals surface area contributed by atoms with Crippen molar-refractivity contribution in [2.75, 3.05) is 0 Å². The standard InChI is InChI=1S/C28H33NO2/c1-18-15-23-24(28(5,6)14-13-27(23,3)4)16-22(18)19(2)21-9-7-20(8-10-21)17-29-25(30)11-12-26(29)31/h7-10,15-16H,2,11-14,17H2,1,3-6H3. The lowest BCUT2D eigenvalue weighted by molar-refractivity contribution is -0.139. The molecular weight excluding hydrogens is 382 g/mol. The maximum absolute atomic E-state index is 11.9. The van der Waals surface area contributed by atoms with Crippen molar-refractivity contribution in [3.8, 4) is 0 Å². The van der Waals surface area contributed by atoms with E-state index in [-0.39, 0.29) is 22.6 Å². The summed E-state index contributed by atoms with van der Waals surface area (Å²) in [6, 6.07) is 12.8. The smallest absolute Gasteiger partial charge is 0.229 e. The third-order valence-corrected chi connectivity index (χ3v) is 7.32. The molecule has 3 nitrogen and oxygen atoms in total. The van der Waals surface area contributed by atoms with E-state index in [0.29, 0.717) is 19.4 Å². The summed E-state index contributed by atoms with van der Waals surface area (Å²) in [6.07, 6.45) is 3.05. The first-order valence-electron chi connectivity index (χ1n) is 11.3. The summed E-state index contributed by atoms with van der Waals surface area (Å²) in [5.74, 6) is -0.151.